The van der Waals surface area contributed by atoms with Gasteiger partial charge < -0.3 is 20.0 Å². The van der Waals surface area contributed by atoms with E-state index in [9.17, 15) is 9.18 Å². The Bertz CT molecular complexity index is 938. The number of hydrogen-bond acceptors (Lipinski definition) is 3. The second-order valence-electron chi connectivity index (χ2n) is 8.38. The molecule has 4 rings (SSSR count). The molecule has 6 nitrogen and oxygen atoms in total. The third-order valence-corrected chi connectivity index (χ3v) is 6.28. The number of rotatable bonds is 4. The van der Waals surface area contributed by atoms with E-state index in [0.717, 1.165) is 69.2 Å². The predicted molar refractivity (Wildman–Crippen MR) is 142 cm³/mol. The fraction of sp³-hybridized carbons (Fsp3) is 0.440. The zero-order valence-electron chi connectivity index (χ0n) is 19.2. The van der Waals surface area contributed by atoms with Gasteiger partial charge >= 0.3 is 0 Å². The van der Waals surface area contributed by atoms with Crippen molar-refractivity contribution in [1.29, 1.82) is 0 Å². The van der Waals surface area contributed by atoms with E-state index in [4.69, 9.17) is 0 Å². The molecule has 2 saturated heterocycles. The van der Waals surface area contributed by atoms with Crippen LogP contribution in [0, 0.1) is 5.82 Å². The minimum atomic E-state index is -0.175. The maximum Gasteiger partial charge on any atom is 0.253 e. The molecule has 1 amide bonds. The average molecular weight is 565 g/mol. The second kappa shape index (κ2) is 12.2. The lowest BCUT2D eigenvalue weighted by Gasteiger charge is -2.37. The van der Waals surface area contributed by atoms with E-state index >= 15 is 0 Å². The largest absolute Gasteiger partial charge is 0.366 e. The average Bonchev–Trinajstić information content (AvgIpc) is 2.86. The fourth-order valence-corrected chi connectivity index (χ4v) is 4.43. The van der Waals surface area contributed by atoms with Gasteiger partial charge in [0, 0.05) is 58.4 Å². The summed E-state index contributed by atoms with van der Waals surface area (Å²) >= 11 is 0. The number of guanidine groups is 1. The number of halogens is 2. The van der Waals surface area contributed by atoms with Crippen LogP contribution in [0.3, 0.4) is 0 Å². The van der Waals surface area contributed by atoms with Crippen LogP contribution in [-0.4, -0.2) is 68.0 Å². The number of likely N-dealkylation sites (tertiary alicyclic amines) is 1. The van der Waals surface area contributed by atoms with Gasteiger partial charge in [0.05, 0.1) is 5.69 Å². The summed E-state index contributed by atoms with van der Waals surface area (Å²) in [5.74, 6) is 0.796. The maximum atomic E-state index is 14.1. The summed E-state index contributed by atoms with van der Waals surface area (Å²) in [5, 5.41) is 3.42. The first-order valence-electron chi connectivity index (χ1n) is 11.5. The van der Waals surface area contributed by atoms with Gasteiger partial charge in [-0.05, 0) is 49.1 Å². The summed E-state index contributed by atoms with van der Waals surface area (Å²) in [7, 11) is 1.78. The summed E-state index contributed by atoms with van der Waals surface area (Å²) in [5.41, 5.74) is 2.52. The molecule has 2 aliphatic rings. The van der Waals surface area contributed by atoms with Crippen LogP contribution in [0.1, 0.15) is 35.2 Å². The maximum absolute atomic E-state index is 14.1. The molecule has 2 aromatic carbocycles. The fourth-order valence-electron chi connectivity index (χ4n) is 4.43. The SMILES string of the molecule is CN=C(NCc1ccc(C(=O)N2CCCCC2)cc1)N1CCN(c2ccccc2F)CC1.I. The van der Waals surface area contributed by atoms with Crippen molar-refractivity contribution < 1.29 is 9.18 Å². The van der Waals surface area contributed by atoms with Crippen molar-refractivity contribution in [1.82, 2.24) is 15.1 Å². The normalized spacial score (nSPS) is 16.9. The lowest BCUT2D eigenvalue weighted by atomic mass is 10.1. The van der Waals surface area contributed by atoms with Crippen molar-refractivity contribution in [3.05, 3.63) is 65.5 Å². The number of carbonyl (C=O) groups excluding carboxylic acids is 1. The topological polar surface area (TPSA) is 51.2 Å². The van der Waals surface area contributed by atoms with Crippen LogP contribution in [0.2, 0.25) is 0 Å². The third kappa shape index (κ3) is 6.37. The number of para-hydroxylation sites is 1. The highest BCUT2D eigenvalue weighted by molar-refractivity contribution is 14.0. The predicted octanol–water partition coefficient (Wildman–Crippen LogP) is 3.97. The van der Waals surface area contributed by atoms with Gasteiger partial charge in [0.15, 0.2) is 5.96 Å². The van der Waals surface area contributed by atoms with Gasteiger partial charge in [-0.1, -0.05) is 24.3 Å². The second-order valence-corrected chi connectivity index (χ2v) is 8.38. The minimum Gasteiger partial charge on any atom is -0.366 e. The summed E-state index contributed by atoms with van der Waals surface area (Å²) in [6, 6.07) is 14.8. The van der Waals surface area contributed by atoms with Gasteiger partial charge in [0.1, 0.15) is 5.82 Å². The molecule has 8 heteroatoms. The molecule has 178 valence electrons. The van der Waals surface area contributed by atoms with Crippen molar-refractivity contribution in [2.75, 3.05) is 51.2 Å². The Hall–Kier alpha value is -2.36. The van der Waals surface area contributed by atoms with E-state index in [1.165, 1.54) is 12.5 Å². The molecule has 0 unspecified atom stereocenters. The number of amides is 1. The molecule has 0 radical (unpaired) electrons. The Labute approximate surface area is 212 Å². The first-order chi connectivity index (χ1) is 15.7. The minimum absolute atomic E-state index is 0. The Kier molecular flexibility index (Phi) is 9.34. The van der Waals surface area contributed by atoms with Crippen molar-refractivity contribution in [2.24, 2.45) is 4.99 Å². The van der Waals surface area contributed by atoms with Gasteiger partial charge in [0.25, 0.3) is 5.91 Å². The number of piperazine rings is 1. The first kappa shape index (κ1) is 25.3. The van der Waals surface area contributed by atoms with E-state index in [2.05, 4.69) is 20.1 Å². The van der Waals surface area contributed by atoms with Crippen LogP contribution in [-0.2, 0) is 6.54 Å². The number of carbonyl (C=O) groups is 1. The zero-order chi connectivity index (χ0) is 22.3. The molecule has 2 heterocycles. The van der Waals surface area contributed by atoms with Crippen molar-refractivity contribution in [3.63, 3.8) is 0 Å². The highest BCUT2D eigenvalue weighted by Crippen LogP contribution is 2.20. The molecule has 0 aliphatic carbocycles. The monoisotopic (exact) mass is 565 g/mol. The van der Waals surface area contributed by atoms with Crippen molar-refractivity contribution in [2.45, 2.75) is 25.8 Å². The highest BCUT2D eigenvalue weighted by Gasteiger charge is 2.21. The summed E-state index contributed by atoms with van der Waals surface area (Å²) < 4.78 is 14.1. The van der Waals surface area contributed by atoms with Gasteiger partial charge in [-0.15, -0.1) is 24.0 Å². The Morgan fingerprint density at radius 2 is 1.58 bits per heavy atom. The van der Waals surface area contributed by atoms with Crippen LogP contribution in [0.25, 0.3) is 0 Å². The first-order valence-corrected chi connectivity index (χ1v) is 11.5. The molecule has 2 fully saturated rings. The molecule has 2 aliphatic heterocycles. The smallest absolute Gasteiger partial charge is 0.253 e. The molecule has 0 saturated carbocycles. The van der Waals surface area contributed by atoms with Crippen LogP contribution < -0.4 is 10.2 Å². The lowest BCUT2D eigenvalue weighted by Crippen LogP contribution is -2.52. The standard InChI is InChI=1S/C25H32FN5O.HI/c1-27-25(31-17-15-29(16-18-31)23-8-4-3-7-22(23)26)28-19-20-9-11-21(12-10-20)24(32)30-13-5-2-6-14-30;/h3-4,7-12H,2,5-6,13-19H2,1H3,(H,27,28);1H. The van der Waals surface area contributed by atoms with Gasteiger partial charge in [-0.2, -0.15) is 0 Å². The number of anilines is 1. The molecule has 2 aromatic rings. The molecule has 0 aromatic heterocycles. The summed E-state index contributed by atoms with van der Waals surface area (Å²) in [4.78, 5) is 23.3. The molecular weight excluding hydrogens is 532 g/mol. The van der Waals surface area contributed by atoms with Gasteiger partial charge in [0.2, 0.25) is 0 Å². The highest BCUT2D eigenvalue weighted by atomic mass is 127. The Morgan fingerprint density at radius 3 is 2.21 bits per heavy atom. The number of nitrogens with one attached hydrogen (secondary N) is 1. The third-order valence-electron chi connectivity index (χ3n) is 6.28. The molecule has 1 N–H and O–H groups in total. The van der Waals surface area contributed by atoms with E-state index in [0.29, 0.717) is 12.2 Å². The van der Waals surface area contributed by atoms with E-state index < -0.39 is 0 Å². The molecule has 33 heavy (non-hydrogen) atoms. The van der Waals surface area contributed by atoms with Crippen LogP contribution >= 0.6 is 24.0 Å². The van der Waals surface area contributed by atoms with Crippen LogP contribution in [0.5, 0.6) is 0 Å². The number of benzene rings is 2. The Balaban J connectivity index is 0.00000306. The molecular formula is C25H33FIN5O. The van der Waals surface area contributed by atoms with Crippen molar-refractivity contribution >= 4 is 41.5 Å². The number of nitrogens with zero attached hydrogens (tertiary/aromatic N) is 4. The number of hydrogen-bond donors (Lipinski definition) is 1. The van der Waals surface area contributed by atoms with Gasteiger partial charge in [-0.25, -0.2) is 4.39 Å². The summed E-state index contributed by atoms with van der Waals surface area (Å²) in [6.07, 6.45) is 3.41. The van der Waals surface area contributed by atoms with Crippen molar-refractivity contribution in [3.8, 4) is 0 Å². The van der Waals surface area contributed by atoms with Crippen LogP contribution in [0.4, 0.5) is 10.1 Å². The number of aliphatic imine (C=N–C) groups is 1. The number of piperidine rings is 1. The van der Waals surface area contributed by atoms with E-state index in [1.807, 2.05) is 41.3 Å². The summed E-state index contributed by atoms with van der Waals surface area (Å²) in [6.45, 7) is 5.40. The van der Waals surface area contributed by atoms with E-state index in [-0.39, 0.29) is 35.7 Å². The molecule has 0 bridgehead atoms. The van der Waals surface area contributed by atoms with E-state index in [1.54, 1.807) is 13.1 Å². The molecule has 0 atom stereocenters. The van der Waals surface area contributed by atoms with Crippen LogP contribution in [0.15, 0.2) is 53.5 Å². The lowest BCUT2D eigenvalue weighted by molar-refractivity contribution is 0.0724. The van der Waals surface area contributed by atoms with Gasteiger partial charge in [-0.3, -0.25) is 9.79 Å². The quantitative estimate of drug-likeness (QED) is 0.347. The Morgan fingerprint density at radius 1 is 0.909 bits per heavy atom. The zero-order valence-corrected chi connectivity index (χ0v) is 21.5. The molecule has 0 spiro atoms.